The second kappa shape index (κ2) is 22.5. The highest BCUT2D eigenvalue weighted by molar-refractivity contribution is 5.97. The first kappa shape index (κ1) is 48.4. The maximum atomic E-state index is 14.3. The molecule has 1 aromatic heterocycles. The number of nitrogens with one attached hydrogen (secondary N) is 5. The number of aromatic amines is 1. The molecule has 0 spiro atoms. The quantitative estimate of drug-likeness (QED) is 0.0397. The highest BCUT2D eigenvalue weighted by atomic mass is 16.4. The van der Waals surface area contributed by atoms with Gasteiger partial charge in [0, 0.05) is 43.2 Å². The molecule has 20 nitrogen and oxygen atoms in total. The van der Waals surface area contributed by atoms with Crippen LogP contribution in [-0.4, -0.2) is 118 Å². The molecule has 0 radical (unpaired) electrons. The molecule has 1 fully saturated rings. The van der Waals surface area contributed by atoms with Crippen molar-refractivity contribution < 1.29 is 33.9 Å². The molecule has 0 aliphatic carbocycles. The number of H-pyrrole nitrogens is 1. The van der Waals surface area contributed by atoms with Gasteiger partial charge in [0.25, 0.3) is 0 Å². The van der Waals surface area contributed by atoms with Crippen molar-refractivity contribution in [3.05, 3.63) is 36.0 Å². The highest BCUT2D eigenvalue weighted by Gasteiger charge is 2.41. The lowest BCUT2D eigenvalue weighted by Crippen LogP contribution is -2.61. The molecule has 5 amide bonds. The molecule has 20 heteroatoms. The first-order valence-electron chi connectivity index (χ1n) is 20.4. The van der Waals surface area contributed by atoms with Crippen molar-refractivity contribution in [2.45, 2.75) is 122 Å². The Balaban J connectivity index is 1.90. The van der Waals surface area contributed by atoms with Gasteiger partial charge < -0.3 is 64.9 Å². The van der Waals surface area contributed by atoms with E-state index in [0.717, 1.165) is 16.5 Å². The summed E-state index contributed by atoms with van der Waals surface area (Å²) in [6.07, 6.45) is 3.80. The van der Waals surface area contributed by atoms with Crippen molar-refractivity contribution in [1.29, 1.82) is 0 Å². The fourth-order valence-corrected chi connectivity index (χ4v) is 7.09. The van der Waals surface area contributed by atoms with Gasteiger partial charge in [0.15, 0.2) is 11.9 Å². The predicted molar refractivity (Wildman–Crippen MR) is 229 cm³/mol. The van der Waals surface area contributed by atoms with Crippen molar-refractivity contribution in [3.63, 3.8) is 0 Å². The second-order valence-electron chi connectivity index (χ2n) is 16.7. The Hall–Kier alpha value is -5.92. The SMILES string of the molecule is CC(C)C[C@H](NC(=O)[C@@H](NC(=O)[C@H](Cc1cccc2[nH]ccc12)NC(=O)[C@@H]1CCCN1C(=O)[C@H](CCCN=C(N)N)NC(=O)[C@@H](N)CCCN=C(N)N)C(C)(C)C)C(=O)O. The van der Waals surface area contributed by atoms with Crippen LogP contribution in [0.3, 0.4) is 0 Å². The lowest BCUT2D eigenvalue weighted by atomic mass is 9.85. The molecule has 1 saturated heterocycles. The number of nitrogens with two attached hydrogens (primary N) is 5. The summed E-state index contributed by atoms with van der Waals surface area (Å²) in [6.45, 7) is 9.53. The molecular formula is C40H65N13O7. The van der Waals surface area contributed by atoms with E-state index in [1.54, 1.807) is 27.0 Å². The van der Waals surface area contributed by atoms with Crippen LogP contribution in [0.4, 0.5) is 0 Å². The summed E-state index contributed by atoms with van der Waals surface area (Å²) >= 11 is 0. The van der Waals surface area contributed by atoms with Gasteiger partial charge in [0.1, 0.15) is 30.2 Å². The van der Waals surface area contributed by atoms with Crippen LogP contribution in [-0.2, 0) is 35.2 Å². The van der Waals surface area contributed by atoms with Crippen LogP contribution < -0.4 is 49.9 Å². The number of benzene rings is 1. The third-order valence-corrected chi connectivity index (χ3v) is 10.2. The normalized spacial score (nSPS) is 16.5. The van der Waals surface area contributed by atoms with Crippen LogP contribution in [0.2, 0.25) is 0 Å². The van der Waals surface area contributed by atoms with Gasteiger partial charge in [-0.2, -0.15) is 0 Å². The van der Waals surface area contributed by atoms with E-state index in [1.807, 2.05) is 38.1 Å². The number of likely N-dealkylation sites (tertiary alicyclic amines) is 1. The number of aromatic nitrogens is 1. The van der Waals surface area contributed by atoms with Crippen molar-refractivity contribution in [2.24, 2.45) is 50.0 Å². The first-order chi connectivity index (χ1) is 28.2. The largest absolute Gasteiger partial charge is 0.480 e. The number of fused-ring (bicyclic) bond motifs is 1. The Morgan fingerprint density at radius 1 is 0.850 bits per heavy atom. The molecule has 2 heterocycles. The maximum Gasteiger partial charge on any atom is 0.326 e. The summed E-state index contributed by atoms with van der Waals surface area (Å²) in [5, 5.41) is 21.6. The third-order valence-electron chi connectivity index (χ3n) is 10.2. The van der Waals surface area contributed by atoms with Gasteiger partial charge in [-0.15, -0.1) is 0 Å². The van der Waals surface area contributed by atoms with Crippen LogP contribution in [0.25, 0.3) is 10.9 Å². The standard InChI is InChI=1S/C40H65N13O7/c1-22(2)20-29(37(59)60)51-35(57)31(40(3,4)5)52-33(55)28(21-23-10-6-12-26-24(23)15-18-46-26)50-34(56)30-14-9-19-53(30)36(58)27(13-8-17-48-39(44)45)49-32(54)25(41)11-7-16-47-38(42)43/h6,10,12,15,18,22,25,27-31,46H,7-9,11,13-14,16-17,19-21,41H2,1-5H3,(H,49,54)(H,50,56)(H,51,57)(H,52,55)(H,59,60)(H4,42,43,47)(H4,44,45,48)/t25-,27-,28-,29-,30-,31+/m0/s1. The smallest absolute Gasteiger partial charge is 0.326 e. The number of carbonyl (C=O) groups excluding carboxylic acids is 5. The summed E-state index contributed by atoms with van der Waals surface area (Å²) in [5.74, 6) is -4.52. The third kappa shape index (κ3) is 14.7. The highest BCUT2D eigenvalue weighted by Crippen LogP contribution is 2.24. The van der Waals surface area contributed by atoms with E-state index in [-0.39, 0.29) is 69.6 Å². The molecule has 1 aromatic carbocycles. The number of hydrogen-bond acceptors (Lipinski definition) is 9. The molecule has 0 saturated carbocycles. The summed E-state index contributed by atoms with van der Waals surface area (Å²) < 4.78 is 0. The Morgan fingerprint density at radius 2 is 1.48 bits per heavy atom. The number of nitrogens with zero attached hydrogens (tertiary/aromatic N) is 3. The van der Waals surface area contributed by atoms with Crippen LogP contribution in [0.15, 0.2) is 40.4 Å². The van der Waals surface area contributed by atoms with Gasteiger partial charge in [-0.05, 0) is 74.0 Å². The van der Waals surface area contributed by atoms with Gasteiger partial charge in [0.05, 0.1) is 6.04 Å². The van der Waals surface area contributed by atoms with E-state index < -0.39 is 77.2 Å². The number of rotatable bonds is 22. The number of hydrogen-bond donors (Lipinski definition) is 11. The zero-order chi connectivity index (χ0) is 44.7. The number of guanidine groups is 2. The molecule has 0 bridgehead atoms. The van der Waals surface area contributed by atoms with Crippen molar-refractivity contribution in [1.82, 2.24) is 31.2 Å². The molecule has 16 N–H and O–H groups in total. The Bertz CT molecular complexity index is 1860. The van der Waals surface area contributed by atoms with Gasteiger partial charge in [-0.25, -0.2) is 4.79 Å². The van der Waals surface area contributed by atoms with Gasteiger partial charge in [0.2, 0.25) is 29.5 Å². The molecule has 60 heavy (non-hydrogen) atoms. The summed E-state index contributed by atoms with van der Waals surface area (Å²) in [7, 11) is 0. The van der Waals surface area contributed by atoms with E-state index in [2.05, 4.69) is 36.2 Å². The van der Waals surface area contributed by atoms with E-state index in [1.165, 1.54) is 4.90 Å². The molecule has 3 rings (SSSR count). The van der Waals surface area contributed by atoms with E-state index in [0.29, 0.717) is 19.3 Å². The fourth-order valence-electron chi connectivity index (χ4n) is 7.09. The number of aliphatic imine (C=N–C) groups is 2. The minimum absolute atomic E-state index is 0.0154. The van der Waals surface area contributed by atoms with Crippen molar-refractivity contribution in [2.75, 3.05) is 19.6 Å². The lowest BCUT2D eigenvalue weighted by molar-refractivity contribution is -0.143. The van der Waals surface area contributed by atoms with E-state index in [9.17, 15) is 33.9 Å². The molecule has 1 aliphatic heterocycles. The number of carboxylic acid groups (broad SMARTS) is 1. The van der Waals surface area contributed by atoms with Crippen LogP contribution in [0, 0.1) is 11.3 Å². The monoisotopic (exact) mass is 840 g/mol. The van der Waals surface area contributed by atoms with Crippen molar-refractivity contribution >= 4 is 58.3 Å². The van der Waals surface area contributed by atoms with Crippen LogP contribution in [0.1, 0.15) is 85.1 Å². The van der Waals surface area contributed by atoms with Crippen LogP contribution in [0.5, 0.6) is 0 Å². The zero-order valence-electron chi connectivity index (χ0n) is 35.3. The average Bonchev–Trinajstić information content (AvgIpc) is 3.86. The number of carbonyl (C=O) groups is 6. The molecular weight excluding hydrogens is 775 g/mol. The summed E-state index contributed by atoms with van der Waals surface area (Å²) in [6, 6.07) is 0.702. The topological polar surface area (TPSA) is 345 Å². The second-order valence-corrected chi connectivity index (χ2v) is 16.7. The zero-order valence-corrected chi connectivity index (χ0v) is 35.3. The predicted octanol–water partition coefficient (Wildman–Crippen LogP) is -0.748. The van der Waals surface area contributed by atoms with Crippen LogP contribution >= 0.6 is 0 Å². The number of carboxylic acids is 1. The minimum Gasteiger partial charge on any atom is -0.480 e. The fraction of sp³-hybridized carbons (Fsp3) is 0.600. The first-order valence-corrected chi connectivity index (χ1v) is 20.4. The Morgan fingerprint density at radius 3 is 2.08 bits per heavy atom. The van der Waals surface area contributed by atoms with E-state index in [4.69, 9.17) is 28.7 Å². The molecule has 0 unspecified atom stereocenters. The Labute approximate surface area is 350 Å². The Kier molecular flexibility index (Phi) is 18.1. The number of aliphatic carboxylic acids is 1. The van der Waals surface area contributed by atoms with Gasteiger partial charge in [-0.3, -0.25) is 34.0 Å². The molecule has 332 valence electrons. The summed E-state index contributed by atoms with van der Waals surface area (Å²) in [4.78, 5) is 94.2. The lowest BCUT2D eigenvalue weighted by Gasteiger charge is -2.33. The summed E-state index contributed by atoms with van der Waals surface area (Å²) in [5.41, 5.74) is 28.5. The average molecular weight is 840 g/mol. The maximum absolute atomic E-state index is 14.3. The minimum atomic E-state index is -1.23. The molecule has 1 aliphatic rings. The molecule has 6 atom stereocenters. The van der Waals surface area contributed by atoms with Gasteiger partial charge >= 0.3 is 5.97 Å². The molecule has 2 aromatic rings. The van der Waals surface area contributed by atoms with Gasteiger partial charge in [-0.1, -0.05) is 46.8 Å². The number of amides is 5. The van der Waals surface area contributed by atoms with Crippen molar-refractivity contribution in [3.8, 4) is 0 Å². The van der Waals surface area contributed by atoms with E-state index >= 15 is 0 Å².